The van der Waals surface area contributed by atoms with Gasteiger partial charge in [0.25, 0.3) is 0 Å². The maximum atomic E-state index is 11.1. The van der Waals surface area contributed by atoms with E-state index in [0.717, 1.165) is 0 Å². The molecule has 0 saturated carbocycles. The number of aliphatic hydroxyl groups excluding tert-OH is 1. The average molecular weight is 152 g/mol. The molecule has 0 amide bonds. The van der Waals surface area contributed by atoms with E-state index in [1.54, 1.807) is 6.92 Å². The molecule has 0 spiro atoms. The van der Waals surface area contributed by atoms with Crippen molar-refractivity contribution in [2.75, 3.05) is 0 Å². The smallest absolute Gasteiger partial charge is 0.196 e. The lowest BCUT2D eigenvalue weighted by Gasteiger charge is -1.94. The summed E-state index contributed by atoms with van der Waals surface area (Å²) in [6.07, 6.45) is 1.23. The Kier molecular flexibility index (Phi) is 1.64. The molecule has 0 fully saturated rings. The van der Waals surface area contributed by atoms with Crippen molar-refractivity contribution in [3.8, 4) is 0 Å². The Morgan fingerprint density at radius 2 is 2.00 bits per heavy atom. The number of Topliss-reactive ketones (excluding diaryl/α,β-unsaturated/α-hetero) is 1. The minimum Gasteiger partial charge on any atom is -0.512 e. The highest BCUT2D eigenvalue weighted by Gasteiger charge is 2.27. The van der Waals surface area contributed by atoms with Crippen LogP contribution in [0.1, 0.15) is 13.8 Å². The van der Waals surface area contributed by atoms with Gasteiger partial charge < -0.3 is 5.11 Å². The minimum atomic E-state index is -0.396. The highest BCUT2D eigenvalue weighted by atomic mass is 16.3. The van der Waals surface area contributed by atoms with Gasteiger partial charge in [-0.05, 0) is 19.9 Å². The lowest BCUT2D eigenvalue weighted by molar-refractivity contribution is -0.115. The maximum Gasteiger partial charge on any atom is 0.196 e. The van der Waals surface area contributed by atoms with Crippen molar-refractivity contribution in [3.05, 3.63) is 23.0 Å². The second-order valence-electron chi connectivity index (χ2n) is 2.48. The van der Waals surface area contributed by atoms with Gasteiger partial charge in [-0.1, -0.05) is 0 Å². The molecule has 11 heavy (non-hydrogen) atoms. The Balaban J connectivity index is 3.20. The molecule has 1 aliphatic rings. The molecular weight excluding hydrogens is 144 g/mol. The van der Waals surface area contributed by atoms with Gasteiger partial charge in [0.15, 0.2) is 11.6 Å². The van der Waals surface area contributed by atoms with Crippen molar-refractivity contribution >= 4 is 11.6 Å². The minimum absolute atomic E-state index is 0.0949. The highest BCUT2D eigenvalue weighted by molar-refractivity contribution is 6.35. The quantitative estimate of drug-likeness (QED) is 0.319. The van der Waals surface area contributed by atoms with E-state index in [4.69, 9.17) is 5.11 Å². The molecule has 0 bridgehead atoms. The number of rotatable bonds is 0. The van der Waals surface area contributed by atoms with E-state index in [9.17, 15) is 9.59 Å². The first-order valence-electron chi connectivity index (χ1n) is 3.21. The topological polar surface area (TPSA) is 54.4 Å². The number of carbonyl (C=O) groups is 2. The zero-order chi connectivity index (χ0) is 8.59. The summed E-state index contributed by atoms with van der Waals surface area (Å²) in [6, 6.07) is 0. The summed E-state index contributed by atoms with van der Waals surface area (Å²) in [4.78, 5) is 22.0. The molecule has 0 unspecified atom stereocenters. The molecule has 0 heterocycles. The van der Waals surface area contributed by atoms with E-state index in [1.807, 2.05) is 0 Å². The molecule has 0 atom stereocenters. The Labute approximate surface area is 64.0 Å². The molecule has 1 N–H and O–H groups in total. The van der Waals surface area contributed by atoms with Crippen LogP contribution in [0.15, 0.2) is 23.0 Å². The molecule has 0 aromatic carbocycles. The molecule has 0 aliphatic heterocycles. The van der Waals surface area contributed by atoms with Crippen LogP contribution in [0.5, 0.6) is 0 Å². The fourth-order valence-corrected chi connectivity index (χ4v) is 0.986. The SMILES string of the molecule is CC1=CC(=O)C(=C(C)O)C1=O. The lowest BCUT2D eigenvalue weighted by Crippen LogP contribution is -2.05. The molecule has 3 nitrogen and oxygen atoms in total. The summed E-state index contributed by atoms with van der Waals surface area (Å²) in [7, 11) is 0. The van der Waals surface area contributed by atoms with E-state index >= 15 is 0 Å². The van der Waals surface area contributed by atoms with Gasteiger partial charge in [0.05, 0.1) is 0 Å². The summed E-state index contributed by atoms with van der Waals surface area (Å²) in [5.74, 6) is -0.962. The van der Waals surface area contributed by atoms with Gasteiger partial charge in [0, 0.05) is 5.57 Å². The number of hydrogen-bond acceptors (Lipinski definition) is 3. The van der Waals surface area contributed by atoms with Crippen LogP contribution in [0.3, 0.4) is 0 Å². The molecule has 0 aromatic rings. The monoisotopic (exact) mass is 152 g/mol. The molecule has 58 valence electrons. The van der Waals surface area contributed by atoms with Crippen molar-refractivity contribution in [2.24, 2.45) is 0 Å². The second kappa shape index (κ2) is 2.34. The average Bonchev–Trinajstić information content (AvgIpc) is 2.07. The van der Waals surface area contributed by atoms with E-state index in [0.29, 0.717) is 5.57 Å². The van der Waals surface area contributed by atoms with Crippen LogP contribution in [-0.4, -0.2) is 16.7 Å². The molecular formula is C8H8O3. The van der Waals surface area contributed by atoms with Gasteiger partial charge in [-0.25, -0.2) is 0 Å². The summed E-state index contributed by atoms with van der Waals surface area (Å²) in [5.41, 5.74) is 0.293. The standard InChI is InChI=1S/C8H8O3/c1-4-3-6(10)7(5(2)9)8(4)11/h3,9H,1-2H3. The van der Waals surface area contributed by atoms with Gasteiger partial charge in [-0.15, -0.1) is 0 Å². The number of hydrogen-bond donors (Lipinski definition) is 1. The molecule has 1 aliphatic carbocycles. The summed E-state index contributed by atoms with van der Waals surface area (Å²) < 4.78 is 0. The largest absolute Gasteiger partial charge is 0.512 e. The zero-order valence-electron chi connectivity index (χ0n) is 6.34. The third-order valence-electron chi connectivity index (χ3n) is 1.54. The van der Waals surface area contributed by atoms with Gasteiger partial charge in [-0.2, -0.15) is 0 Å². The van der Waals surface area contributed by atoms with Crippen molar-refractivity contribution < 1.29 is 14.7 Å². The van der Waals surface area contributed by atoms with Gasteiger partial charge in [-0.3, -0.25) is 9.59 Å². The predicted molar refractivity (Wildman–Crippen MR) is 39.1 cm³/mol. The van der Waals surface area contributed by atoms with E-state index < -0.39 is 5.78 Å². The van der Waals surface area contributed by atoms with Crippen molar-refractivity contribution in [3.63, 3.8) is 0 Å². The molecule has 0 saturated heterocycles. The van der Waals surface area contributed by atoms with Gasteiger partial charge >= 0.3 is 0 Å². The van der Waals surface area contributed by atoms with Crippen LogP contribution >= 0.6 is 0 Å². The number of allylic oxidation sites excluding steroid dienone is 4. The normalized spacial score (nSPS) is 22.2. The van der Waals surface area contributed by atoms with E-state index in [1.165, 1.54) is 13.0 Å². The van der Waals surface area contributed by atoms with Crippen LogP contribution in [0.4, 0.5) is 0 Å². The van der Waals surface area contributed by atoms with Crippen LogP contribution in [0.2, 0.25) is 0 Å². The zero-order valence-corrected chi connectivity index (χ0v) is 6.34. The summed E-state index contributed by atoms with van der Waals surface area (Å²) in [5, 5.41) is 8.92. The predicted octanol–water partition coefficient (Wildman–Crippen LogP) is 0.917. The van der Waals surface area contributed by atoms with Gasteiger partial charge in [0.1, 0.15) is 11.3 Å². The molecule has 0 aromatic heterocycles. The van der Waals surface area contributed by atoms with Crippen LogP contribution in [-0.2, 0) is 9.59 Å². The first kappa shape index (κ1) is 7.72. The van der Waals surface area contributed by atoms with Crippen molar-refractivity contribution in [1.29, 1.82) is 0 Å². The van der Waals surface area contributed by atoms with Gasteiger partial charge in [0.2, 0.25) is 0 Å². The first-order chi connectivity index (χ1) is 5.04. The van der Waals surface area contributed by atoms with E-state index in [2.05, 4.69) is 0 Å². The number of carbonyl (C=O) groups excluding carboxylic acids is 2. The van der Waals surface area contributed by atoms with Crippen LogP contribution in [0, 0.1) is 0 Å². The summed E-state index contributed by atoms with van der Waals surface area (Å²) in [6.45, 7) is 2.88. The van der Waals surface area contributed by atoms with E-state index in [-0.39, 0.29) is 17.1 Å². The molecule has 1 rings (SSSR count). The van der Waals surface area contributed by atoms with Crippen molar-refractivity contribution in [2.45, 2.75) is 13.8 Å². The maximum absolute atomic E-state index is 11.1. The number of aliphatic hydroxyl groups is 1. The summed E-state index contributed by atoms with van der Waals surface area (Å²) >= 11 is 0. The highest BCUT2D eigenvalue weighted by Crippen LogP contribution is 2.18. The fourth-order valence-electron chi connectivity index (χ4n) is 0.986. The van der Waals surface area contributed by atoms with Crippen LogP contribution in [0.25, 0.3) is 0 Å². The first-order valence-corrected chi connectivity index (χ1v) is 3.21. The Morgan fingerprint density at radius 1 is 1.45 bits per heavy atom. The third kappa shape index (κ3) is 1.09. The van der Waals surface area contributed by atoms with Crippen LogP contribution < -0.4 is 0 Å². The lowest BCUT2D eigenvalue weighted by atomic mass is 10.1. The Bertz CT molecular complexity index is 290. The Hall–Kier alpha value is -1.38. The fraction of sp³-hybridized carbons (Fsp3) is 0.250. The Morgan fingerprint density at radius 3 is 2.18 bits per heavy atom. The second-order valence-corrected chi connectivity index (χ2v) is 2.48. The molecule has 0 radical (unpaired) electrons. The van der Waals surface area contributed by atoms with Crippen molar-refractivity contribution in [1.82, 2.24) is 0 Å². The number of ketones is 2. The third-order valence-corrected chi connectivity index (χ3v) is 1.54. The molecule has 3 heteroatoms.